The van der Waals surface area contributed by atoms with Crippen LogP contribution in [-0.4, -0.2) is 16.6 Å². The van der Waals surface area contributed by atoms with E-state index in [1.165, 1.54) is 12.1 Å². The third-order valence-corrected chi connectivity index (χ3v) is 3.32. The molecule has 1 N–H and O–H groups in total. The van der Waals surface area contributed by atoms with Crippen LogP contribution in [-0.2, 0) is 0 Å². The smallest absolute Gasteiger partial charge is 0.149 e. The highest BCUT2D eigenvalue weighted by Crippen LogP contribution is 2.21. The summed E-state index contributed by atoms with van der Waals surface area (Å²) in [5.74, 6) is 0.853. The van der Waals surface area contributed by atoms with E-state index in [1.807, 2.05) is 31.2 Å². The van der Waals surface area contributed by atoms with Gasteiger partial charge in [0.25, 0.3) is 0 Å². The third-order valence-electron chi connectivity index (χ3n) is 3.32. The van der Waals surface area contributed by atoms with Crippen LogP contribution in [0.4, 0.5) is 4.39 Å². The Kier molecular flexibility index (Phi) is 4.07. The number of imidazole rings is 1. The molecule has 0 bridgehead atoms. The monoisotopic (exact) mass is 307 g/mol. The van der Waals surface area contributed by atoms with Crippen molar-refractivity contribution < 1.29 is 9.13 Å². The first-order chi connectivity index (χ1) is 11.2. The van der Waals surface area contributed by atoms with Gasteiger partial charge in [0.05, 0.1) is 23.2 Å². The number of benzene rings is 2. The summed E-state index contributed by atoms with van der Waals surface area (Å²) in [5, 5.41) is 9.38. The van der Waals surface area contributed by atoms with E-state index >= 15 is 0 Å². The average Bonchev–Trinajstić information content (AvgIpc) is 2.97. The molecule has 0 fully saturated rings. The summed E-state index contributed by atoms with van der Waals surface area (Å²) >= 11 is 0. The number of rotatable bonds is 4. The minimum absolute atomic E-state index is 0.346. The summed E-state index contributed by atoms with van der Waals surface area (Å²) in [6, 6.07) is 13.8. The van der Waals surface area contributed by atoms with Crippen molar-refractivity contribution in [2.45, 2.75) is 6.92 Å². The second kappa shape index (κ2) is 6.32. The number of halogens is 1. The zero-order valence-corrected chi connectivity index (χ0v) is 12.5. The Morgan fingerprint density at radius 1 is 1.30 bits per heavy atom. The van der Waals surface area contributed by atoms with E-state index in [0.717, 1.165) is 11.3 Å². The van der Waals surface area contributed by atoms with Crippen LogP contribution in [0.1, 0.15) is 18.3 Å². The summed E-state index contributed by atoms with van der Waals surface area (Å²) in [7, 11) is 0. The number of nitrogens with zero attached hydrogens (tertiary/aromatic N) is 2. The van der Waals surface area contributed by atoms with Crippen LogP contribution < -0.4 is 4.74 Å². The average molecular weight is 307 g/mol. The molecule has 2 aromatic carbocycles. The largest absolute Gasteiger partial charge is 0.494 e. The molecule has 1 heterocycles. The van der Waals surface area contributed by atoms with Crippen molar-refractivity contribution in [2.75, 3.05) is 6.61 Å². The van der Waals surface area contributed by atoms with Crippen LogP contribution in [0.2, 0.25) is 0 Å². The molecule has 1 aromatic heterocycles. The zero-order chi connectivity index (χ0) is 16.2. The second-order valence-corrected chi connectivity index (χ2v) is 4.92. The first-order valence-electron chi connectivity index (χ1n) is 7.20. The summed E-state index contributed by atoms with van der Waals surface area (Å²) in [5.41, 5.74) is 2.42. The number of hydrogen-bond donors (Lipinski definition) is 1. The number of nitrogens with one attached hydrogen (secondary N) is 1. The molecule has 23 heavy (non-hydrogen) atoms. The number of aromatic amines is 1. The number of hydrogen-bond acceptors (Lipinski definition) is 3. The third kappa shape index (κ3) is 3.22. The van der Waals surface area contributed by atoms with Crippen molar-refractivity contribution in [1.29, 1.82) is 5.26 Å². The molecule has 0 amide bonds. The van der Waals surface area contributed by atoms with Gasteiger partial charge in [-0.25, -0.2) is 9.37 Å². The summed E-state index contributed by atoms with van der Waals surface area (Å²) in [4.78, 5) is 7.30. The van der Waals surface area contributed by atoms with Crippen molar-refractivity contribution in [3.63, 3.8) is 0 Å². The van der Waals surface area contributed by atoms with Gasteiger partial charge >= 0.3 is 0 Å². The standard InChI is InChI=1S/C18H14FN3O/c1-2-23-15-6-3-12(4-7-15)9-13(11-20)18-21-16-8-5-14(19)10-17(16)22-18/h3-10H,2H2,1H3,(H,21,22)/b13-9-. The topological polar surface area (TPSA) is 61.7 Å². The summed E-state index contributed by atoms with van der Waals surface area (Å²) < 4.78 is 18.6. The van der Waals surface area contributed by atoms with Gasteiger partial charge in [-0.05, 0) is 48.9 Å². The Balaban J connectivity index is 1.95. The molecule has 114 valence electrons. The molecular formula is C18H14FN3O. The van der Waals surface area contributed by atoms with E-state index in [0.29, 0.717) is 29.0 Å². The van der Waals surface area contributed by atoms with Crippen molar-refractivity contribution >= 4 is 22.7 Å². The maximum Gasteiger partial charge on any atom is 0.149 e. The normalized spacial score (nSPS) is 11.4. The zero-order valence-electron chi connectivity index (χ0n) is 12.5. The lowest BCUT2D eigenvalue weighted by atomic mass is 10.1. The maximum atomic E-state index is 13.2. The summed E-state index contributed by atoms with van der Waals surface area (Å²) in [6.45, 7) is 2.53. The van der Waals surface area contributed by atoms with Crippen molar-refractivity contribution in [3.05, 3.63) is 59.7 Å². The SMILES string of the molecule is CCOc1ccc(/C=C(/C#N)c2nc3ccc(F)cc3[nH]2)cc1. The van der Waals surface area contributed by atoms with Crippen LogP contribution in [0.15, 0.2) is 42.5 Å². The van der Waals surface area contributed by atoms with Gasteiger partial charge in [0, 0.05) is 0 Å². The predicted molar refractivity (Wildman–Crippen MR) is 87.1 cm³/mol. The fraction of sp³-hybridized carbons (Fsp3) is 0.111. The van der Waals surface area contributed by atoms with Crippen LogP contribution in [0.5, 0.6) is 5.75 Å². The molecule has 0 atom stereocenters. The van der Waals surface area contributed by atoms with Gasteiger partial charge in [-0.3, -0.25) is 0 Å². The maximum absolute atomic E-state index is 13.2. The Labute approximate surface area is 132 Å². The molecule has 4 nitrogen and oxygen atoms in total. The van der Waals surface area contributed by atoms with Crippen LogP contribution in [0.3, 0.4) is 0 Å². The lowest BCUT2D eigenvalue weighted by Crippen LogP contribution is -1.90. The molecular weight excluding hydrogens is 293 g/mol. The number of allylic oxidation sites excluding steroid dienone is 1. The Bertz CT molecular complexity index is 904. The van der Waals surface area contributed by atoms with E-state index in [9.17, 15) is 9.65 Å². The van der Waals surface area contributed by atoms with Crippen molar-refractivity contribution in [2.24, 2.45) is 0 Å². The molecule has 3 rings (SSSR count). The Hall–Kier alpha value is -3.13. The van der Waals surface area contributed by atoms with Crippen molar-refractivity contribution in [3.8, 4) is 11.8 Å². The van der Waals surface area contributed by atoms with Gasteiger partial charge in [-0.15, -0.1) is 0 Å². The lowest BCUT2D eigenvalue weighted by Gasteiger charge is -2.02. The molecule has 5 heteroatoms. The van der Waals surface area contributed by atoms with Gasteiger partial charge in [-0.1, -0.05) is 12.1 Å². The highest BCUT2D eigenvalue weighted by molar-refractivity contribution is 5.90. The van der Waals surface area contributed by atoms with Crippen LogP contribution >= 0.6 is 0 Å². The highest BCUT2D eigenvalue weighted by Gasteiger charge is 2.08. The van der Waals surface area contributed by atoms with Gasteiger partial charge in [0.15, 0.2) is 0 Å². The van der Waals surface area contributed by atoms with Crippen molar-refractivity contribution in [1.82, 2.24) is 9.97 Å². The second-order valence-electron chi connectivity index (χ2n) is 4.92. The molecule has 0 aliphatic rings. The molecule has 0 spiro atoms. The lowest BCUT2D eigenvalue weighted by molar-refractivity contribution is 0.340. The number of fused-ring (bicyclic) bond motifs is 1. The number of H-pyrrole nitrogens is 1. The minimum atomic E-state index is -0.346. The molecule has 0 aliphatic heterocycles. The van der Waals surface area contributed by atoms with E-state index < -0.39 is 0 Å². The van der Waals surface area contributed by atoms with Gasteiger partial charge in [0.1, 0.15) is 23.5 Å². The molecule has 3 aromatic rings. The van der Waals surface area contributed by atoms with Crippen LogP contribution in [0, 0.1) is 17.1 Å². The van der Waals surface area contributed by atoms with Gasteiger partial charge in [-0.2, -0.15) is 5.26 Å². The predicted octanol–water partition coefficient (Wildman–Crippen LogP) is 4.16. The fourth-order valence-electron chi connectivity index (χ4n) is 2.26. The number of nitriles is 1. The van der Waals surface area contributed by atoms with E-state index in [-0.39, 0.29) is 5.82 Å². The molecule has 0 unspecified atom stereocenters. The summed E-state index contributed by atoms with van der Waals surface area (Å²) in [6.07, 6.45) is 1.73. The van der Waals surface area contributed by atoms with E-state index in [2.05, 4.69) is 16.0 Å². The highest BCUT2D eigenvalue weighted by atomic mass is 19.1. The molecule has 0 saturated heterocycles. The Morgan fingerprint density at radius 3 is 2.78 bits per heavy atom. The van der Waals surface area contributed by atoms with Gasteiger partial charge in [0.2, 0.25) is 0 Å². The first-order valence-corrected chi connectivity index (χ1v) is 7.20. The first kappa shape index (κ1) is 14.8. The molecule has 0 radical (unpaired) electrons. The Morgan fingerprint density at radius 2 is 2.09 bits per heavy atom. The fourth-order valence-corrected chi connectivity index (χ4v) is 2.26. The molecule has 0 saturated carbocycles. The quantitative estimate of drug-likeness (QED) is 0.736. The van der Waals surface area contributed by atoms with Crippen LogP contribution in [0.25, 0.3) is 22.7 Å². The molecule has 0 aliphatic carbocycles. The number of aromatic nitrogens is 2. The minimum Gasteiger partial charge on any atom is -0.494 e. The van der Waals surface area contributed by atoms with Gasteiger partial charge < -0.3 is 9.72 Å². The van der Waals surface area contributed by atoms with E-state index in [1.54, 1.807) is 12.1 Å². The number of ether oxygens (including phenoxy) is 1. The van der Waals surface area contributed by atoms with E-state index in [4.69, 9.17) is 4.74 Å².